The first-order chi connectivity index (χ1) is 9.79. The smallest absolute Gasteiger partial charge is 0.0728 e. The lowest BCUT2D eigenvalue weighted by Gasteiger charge is -2.26. The standard InChI is InChI=1S/C16H21N3O/c20-16-8-6-14(7-9-16)18-15-10-17-19(12-15)11-13-4-2-1-3-5-13/h1-5,10,12,14,16,18,20H,6-9,11H2. The average Bonchev–Trinajstić information content (AvgIpc) is 2.90. The van der Waals surface area contributed by atoms with Crippen LogP contribution in [0.1, 0.15) is 31.2 Å². The Balaban J connectivity index is 1.57. The number of hydrogen-bond donors (Lipinski definition) is 2. The second-order valence-electron chi connectivity index (χ2n) is 5.56. The molecule has 106 valence electrons. The van der Waals surface area contributed by atoms with Gasteiger partial charge in [-0.05, 0) is 31.2 Å². The maximum Gasteiger partial charge on any atom is 0.0728 e. The van der Waals surface area contributed by atoms with Gasteiger partial charge in [-0.1, -0.05) is 30.3 Å². The van der Waals surface area contributed by atoms with E-state index >= 15 is 0 Å². The molecule has 0 aliphatic heterocycles. The number of hydrogen-bond acceptors (Lipinski definition) is 3. The molecule has 1 saturated carbocycles. The highest BCUT2D eigenvalue weighted by Gasteiger charge is 2.19. The number of anilines is 1. The lowest BCUT2D eigenvalue weighted by Crippen LogP contribution is -2.28. The van der Waals surface area contributed by atoms with Crippen molar-refractivity contribution in [2.24, 2.45) is 0 Å². The fourth-order valence-corrected chi connectivity index (χ4v) is 2.75. The second-order valence-corrected chi connectivity index (χ2v) is 5.56. The van der Waals surface area contributed by atoms with Crippen molar-refractivity contribution in [3.8, 4) is 0 Å². The zero-order valence-corrected chi connectivity index (χ0v) is 11.6. The molecule has 1 aliphatic carbocycles. The third-order valence-corrected chi connectivity index (χ3v) is 3.89. The molecule has 4 heteroatoms. The first-order valence-electron chi connectivity index (χ1n) is 7.30. The van der Waals surface area contributed by atoms with Crippen LogP contribution in [0.4, 0.5) is 5.69 Å². The van der Waals surface area contributed by atoms with Crippen LogP contribution in [0, 0.1) is 0 Å². The summed E-state index contributed by atoms with van der Waals surface area (Å²) in [6.45, 7) is 0.798. The van der Waals surface area contributed by atoms with Crippen molar-refractivity contribution in [3.05, 3.63) is 48.3 Å². The van der Waals surface area contributed by atoms with Crippen LogP contribution < -0.4 is 5.32 Å². The largest absolute Gasteiger partial charge is 0.393 e. The van der Waals surface area contributed by atoms with Gasteiger partial charge < -0.3 is 10.4 Å². The molecule has 1 fully saturated rings. The Morgan fingerprint density at radius 2 is 1.90 bits per heavy atom. The van der Waals surface area contributed by atoms with Crippen LogP contribution in [-0.4, -0.2) is 27.0 Å². The van der Waals surface area contributed by atoms with Crippen LogP contribution in [0.3, 0.4) is 0 Å². The molecule has 0 unspecified atom stereocenters. The Morgan fingerprint density at radius 3 is 2.65 bits per heavy atom. The molecule has 0 bridgehead atoms. The van der Waals surface area contributed by atoms with Gasteiger partial charge in [-0.25, -0.2) is 0 Å². The third kappa shape index (κ3) is 3.39. The quantitative estimate of drug-likeness (QED) is 0.899. The van der Waals surface area contributed by atoms with Gasteiger partial charge in [0.25, 0.3) is 0 Å². The average molecular weight is 271 g/mol. The summed E-state index contributed by atoms with van der Waals surface area (Å²) < 4.78 is 1.95. The summed E-state index contributed by atoms with van der Waals surface area (Å²) in [7, 11) is 0. The molecule has 2 aromatic rings. The Bertz CT molecular complexity index is 530. The number of rotatable bonds is 4. The van der Waals surface area contributed by atoms with Crippen LogP contribution in [0.2, 0.25) is 0 Å². The molecular weight excluding hydrogens is 250 g/mol. The number of nitrogens with one attached hydrogen (secondary N) is 1. The van der Waals surface area contributed by atoms with E-state index in [1.807, 2.05) is 29.1 Å². The van der Waals surface area contributed by atoms with Gasteiger partial charge in [-0.3, -0.25) is 4.68 Å². The fraction of sp³-hybridized carbons (Fsp3) is 0.438. The van der Waals surface area contributed by atoms with Crippen LogP contribution >= 0.6 is 0 Å². The predicted molar refractivity (Wildman–Crippen MR) is 79.7 cm³/mol. The Hall–Kier alpha value is -1.81. The fourth-order valence-electron chi connectivity index (χ4n) is 2.75. The first kappa shape index (κ1) is 13.2. The molecule has 2 N–H and O–H groups in total. The zero-order valence-electron chi connectivity index (χ0n) is 11.6. The van der Waals surface area contributed by atoms with E-state index < -0.39 is 0 Å². The van der Waals surface area contributed by atoms with Crippen LogP contribution in [0.5, 0.6) is 0 Å². The van der Waals surface area contributed by atoms with E-state index in [0.29, 0.717) is 6.04 Å². The molecule has 20 heavy (non-hydrogen) atoms. The molecular formula is C16H21N3O. The maximum absolute atomic E-state index is 9.52. The summed E-state index contributed by atoms with van der Waals surface area (Å²) in [5, 5.41) is 17.4. The van der Waals surface area contributed by atoms with Gasteiger partial charge in [-0.2, -0.15) is 5.10 Å². The van der Waals surface area contributed by atoms with E-state index in [2.05, 4.69) is 28.7 Å². The number of benzene rings is 1. The minimum Gasteiger partial charge on any atom is -0.393 e. The number of aromatic nitrogens is 2. The molecule has 0 spiro atoms. The van der Waals surface area contributed by atoms with Gasteiger partial charge in [0.05, 0.1) is 24.5 Å². The van der Waals surface area contributed by atoms with Crippen LogP contribution in [0.15, 0.2) is 42.7 Å². The van der Waals surface area contributed by atoms with Gasteiger partial charge in [0, 0.05) is 12.2 Å². The molecule has 4 nitrogen and oxygen atoms in total. The lowest BCUT2D eigenvalue weighted by molar-refractivity contribution is 0.126. The monoisotopic (exact) mass is 271 g/mol. The van der Waals surface area contributed by atoms with Crippen molar-refractivity contribution in [2.75, 3.05) is 5.32 Å². The number of nitrogens with zero attached hydrogens (tertiary/aromatic N) is 2. The number of aliphatic hydroxyl groups is 1. The predicted octanol–water partition coefficient (Wildman–Crippen LogP) is 2.65. The molecule has 3 rings (SSSR count). The second kappa shape index (κ2) is 6.09. The Morgan fingerprint density at radius 1 is 1.15 bits per heavy atom. The summed E-state index contributed by atoms with van der Waals surface area (Å²) in [6.07, 6.45) is 7.70. The van der Waals surface area contributed by atoms with Crippen LogP contribution in [-0.2, 0) is 6.54 Å². The van der Waals surface area contributed by atoms with E-state index in [4.69, 9.17) is 0 Å². The van der Waals surface area contributed by atoms with Crippen LogP contribution in [0.25, 0.3) is 0 Å². The Kier molecular flexibility index (Phi) is 4.02. The molecule has 0 amide bonds. The van der Waals surface area contributed by atoms with Gasteiger partial charge in [-0.15, -0.1) is 0 Å². The van der Waals surface area contributed by atoms with E-state index in [9.17, 15) is 5.11 Å². The molecule has 1 aromatic carbocycles. The van der Waals surface area contributed by atoms with Crippen molar-refractivity contribution in [2.45, 2.75) is 44.4 Å². The highest BCUT2D eigenvalue weighted by atomic mass is 16.3. The molecule has 0 saturated heterocycles. The molecule has 1 heterocycles. The molecule has 0 radical (unpaired) electrons. The van der Waals surface area contributed by atoms with Gasteiger partial charge in [0.15, 0.2) is 0 Å². The normalized spacial score (nSPS) is 22.6. The van der Waals surface area contributed by atoms with Gasteiger partial charge in [0.1, 0.15) is 0 Å². The minimum absolute atomic E-state index is 0.103. The highest BCUT2D eigenvalue weighted by molar-refractivity contribution is 5.39. The maximum atomic E-state index is 9.52. The van der Waals surface area contributed by atoms with E-state index in [1.165, 1.54) is 5.56 Å². The summed E-state index contributed by atoms with van der Waals surface area (Å²) in [6, 6.07) is 10.8. The lowest BCUT2D eigenvalue weighted by atomic mass is 9.93. The van der Waals surface area contributed by atoms with Gasteiger partial charge >= 0.3 is 0 Å². The van der Waals surface area contributed by atoms with E-state index in [0.717, 1.165) is 37.9 Å². The zero-order chi connectivity index (χ0) is 13.8. The van der Waals surface area contributed by atoms with Gasteiger partial charge in [0.2, 0.25) is 0 Å². The Labute approximate surface area is 119 Å². The molecule has 1 aromatic heterocycles. The number of aliphatic hydroxyl groups excluding tert-OH is 1. The first-order valence-corrected chi connectivity index (χ1v) is 7.30. The van der Waals surface area contributed by atoms with Crippen molar-refractivity contribution >= 4 is 5.69 Å². The molecule has 0 atom stereocenters. The molecule has 1 aliphatic rings. The van der Waals surface area contributed by atoms with Crippen molar-refractivity contribution < 1.29 is 5.11 Å². The van der Waals surface area contributed by atoms with Crippen molar-refractivity contribution in [1.29, 1.82) is 0 Å². The minimum atomic E-state index is -0.103. The summed E-state index contributed by atoms with van der Waals surface area (Å²) in [5.41, 5.74) is 2.32. The van der Waals surface area contributed by atoms with E-state index in [-0.39, 0.29) is 6.10 Å². The third-order valence-electron chi connectivity index (χ3n) is 3.89. The SMILES string of the molecule is OC1CCC(Nc2cnn(Cc3ccccc3)c2)CC1. The van der Waals surface area contributed by atoms with E-state index in [1.54, 1.807) is 0 Å². The topological polar surface area (TPSA) is 50.1 Å². The summed E-state index contributed by atoms with van der Waals surface area (Å²) >= 11 is 0. The summed E-state index contributed by atoms with van der Waals surface area (Å²) in [4.78, 5) is 0. The van der Waals surface area contributed by atoms with Crippen molar-refractivity contribution in [3.63, 3.8) is 0 Å². The van der Waals surface area contributed by atoms with Crippen molar-refractivity contribution in [1.82, 2.24) is 9.78 Å². The highest BCUT2D eigenvalue weighted by Crippen LogP contribution is 2.22. The summed E-state index contributed by atoms with van der Waals surface area (Å²) in [5.74, 6) is 0.